The van der Waals surface area contributed by atoms with E-state index in [0.29, 0.717) is 19.7 Å². The SMILES string of the molecule is COC[C@@H]1CN(S(=O)(=O)C2CC2)Cc2nccn2C1. The fourth-order valence-corrected chi connectivity index (χ4v) is 4.48. The molecule has 106 valence electrons. The predicted molar refractivity (Wildman–Crippen MR) is 69.9 cm³/mol. The van der Waals surface area contributed by atoms with E-state index in [1.54, 1.807) is 17.6 Å². The van der Waals surface area contributed by atoms with Crippen LogP contribution >= 0.6 is 0 Å². The van der Waals surface area contributed by atoms with Crippen LogP contribution in [0.15, 0.2) is 12.4 Å². The molecule has 1 fully saturated rings. The highest BCUT2D eigenvalue weighted by atomic mass is 32.2. The number of methoxy groups -OCH3 is 1. The Kier molecular flexibility index (Phi) is 3.36. The molecule has 0 aromatic carbocycles. The van der Waals surface area contributed by atoms with Crippen molar-refractivity contribution in [3.8, 4) is 0 Å². The van der Waals surface area contributed by atoms with Gasteiger partial charge in [0.05, 0.1) is 18.4 Å². The zero-order chi connectivity index (χ0) is 13.5. The quantitative estimate of drug-likeness (QED) is 0.806. The van der Waals surface area contributed by atoms with Crippen LogP contribution < -0.4 is 0 Å². The monoisotopic (exact) mass is 285 g/mol. The van der Waals surface area contributed by atoms with Gasteiger partial charge in [-0.05, 0) is 12.8 Å². The summed E-state index contributed by atoms with van der Waals surface area (Å²) in [6.45, 7) is 2.23. The molecule has 1 aliphatic carbocycles. The number of nitrogens with zero attached hydrogens (tertiary/aromatic N) is 3. The number of hydrogen-bond donors (Lipinski definition) is 0. The molecule has 7 heteroatoms. The third-order valence-corrected chi connectivity index (χ3v) is 6.06. The van der Waals surface area contributed by atoms with Crippen molar-refractivity contribution >= 4 is 10.0 Å². The molecule has 0 N–H and O–H groups in total. The Morgan fingerprint density at radius 2 is 2.21 bits per heavy atom. The molecule has 6 nitrogen and oxygen atoms in total. The second-order valence-corrected chi connectivity index (χ2v) is 7.57. The van der Waals surface area contributed by atoms with Crippen molar-refractivity contribution < 1.29 is 13.2 Å². The van der Waals surface area contributed by atoms with Gasteiger partial charge in [0.1, 0.15) is 5.82 Å². The first kappa shape index (κ1) is 13.1. The molecule has 0 unspecified atom stereocenters. The van der Waals surface area contributed by atoms with E-state index in [2.05, 4.69) is 4.98 Å². The largest absolute Gasteiger partial charge is 0.384 e. The molecule has 1 atom stereocenters. The number of rotatable bonds is 4. The van der Waals surface area contributed by atoms with Gasteiger partial charge in [-0.25, -0.2) is 13.4 Å². The number of sulfonamides is 1. The molecule has 0 bridgehead atoms. The number of aromatic nitrogens is 2. The molecule has 1 aromatic heterocycles. The van der Waals surface area contributed by atoms with Crippen molar-refractivity contribution in [2.75, 3.05) is 20.3 Å². The summed E-state index contributed by atoms with van der Waals surface area (Å²) in [5.74, 6) is 0.997. The van der Waals surface area contributed by atoms with Gasteiger partial charge >= 0.3 is 0 Å². The minimum atomic E-state index is -3.16. The van der Waals surface area contributed by atoms with Crippen molar-refractivity contribution in [1.82, 2.24) is 13.9 Å². The summed E-state index contributed by atoms with van der Waals surface area (Å²) in [7, 11) is -1.51. The first-order valence-corrected chi connectivity index (χ1v) is 8.09. The van der Waals surface area contributed by atoms with Crippen molar-refractivity contribution in [3.63, 3.8) is 0 Å². The van der Waals surface area contributed by atoms with Gasteiger partial charge < -0.3 is 9.30 Å². The summed E-state index contributed by atoms with van der Waals surface area (Å²) < 4.78 is 33.7. The molecule has 0 saturated heterocycles. The average Bonchev–Trinajstić information content (AvgIpc) is 3.15. The van der Waals surface area contributed by atoms with E-state index in [-0.39, 0.29) is 11.2 Å². The van der Waals surface area contributed by atoms with Crippen LogP contribution in [0, 0.1) is 5.92 Å². The maximum absolute atomic E-state index is 12.4. The summed E-state index contributed by atoms with van der Waals surface area (Å²) in [4.78, 5) is 4.27. The third kappa shape index (κ3) is 2.54. The van der Waals surface area contributed by atoms with Gasteiger partial charge in [-0.15, -0.1) is 0 Å². The van der Waals surface area contributed by atoms with Gasteiger partial charge in [0, 0.05) is 38.5 Å². The van der Waals surface area contributed by atoms with Crippen LogP contribution in [0.25, 0.3) is 0 Å². The van der Waals surface area contributed by atoms with Crippen LogP contribution in [0.5, 0.6) is 0 Å². The zero-order valence-corrected chi connectivity index (χ0v) is 11.8. The van der Waals surface area contributed by atoms with Crippen LogP contribution in [0.3, 0.4) is 0 Å². The standard InChI is InChI=1S/C12H19N3O3S/c1-18-9-10-6-14-5-4-13-12(14)8-15(7-10)19(16,17)11-2-3-11/h4-5,10-11H,2-3,6-9H2,1H3/t10-/m0/s1. The molecule has 0 radical (unpaired) electrons. The topological polar surface area (TPSA) is 64.4 Å². The van der Waals surface area contributed by atoms with Gasteiger partial charge in [0.25, 0.3) is 0 Å². The van der Waals surface area contributed by atoms with E-state index in [1.807, 2.05) is 10.8 Å². The molecule has 3 rings (SSSR count). The maximum atomic E-state index is 12.4. The lowest BCUT2D eigenvalue weighted by Crippen LogP contribution is -2.37. The highest BCUT2D eigenvalue weighted by molar-refractivity contribution is 7.90. The number of hydrogen-bond acceptors (Lipinski definition) is 4. The number of fused-ring (bicyclic) bond motifs is 1. The lowest BCUT2D eigenvalue weighted by atomic mass is 10.1. The lowest BCUT2D eigenvalue weighted by molar-refractivity contribution is 0.135. The minimum Gasteiger partial charge on any atom is -0.384 e. The van der Waals surface area contributed by atoms with Crippen molar-refractivity contribution in [3.05, 3.63) is 18.2 Å². The van der Waals surface area contributed by atoms with Crippen LogP contribution in [0.4, 0.5) is 0 Å². The van der Waals surface area contributed by atoms with E-state index in [9.17, 15) is 8.42 Å². The van der Waals surface area contributed by atoms with Crippen molar-refractivity contribution in [2.45, 2.75) is 31.2 Å². The molecule has 1 aromatic rings. The summed E-state index contributed by atoms with van der Waals surface area (Å²) in [5.41, 5.74) is 0. The van der Waals surface area contributed by atoms with Gasteiger partial charge in [-0.1, -0.05) is 0 Å². The highest BCUT2D eigenvalue weighted by Crippen LogP contribution is 2.33. The fourth-order valence-electron chi connectivity index (χ4n) is 2.62. The maximum Gasteiger partial charge on any atom is 0.217 e. The fraction of sp³-hybridized carbons (Fsp3) is 0.750. The van der Waals surface area contributed by atoms with Crippen LogP contribution in [-0.4, -0.2) is 47.8 Å². The summed E-state index contributed by atoms with van der Waals surface area (Å²) >= 11 is 0. The molecule has 1 saturated carbocycles. The van der Waals surface area contributed by atoms with Crippen LogP contribution in [0.1, 0.15) is 18.7 Å². The molecular formula is C12H19N3O3S. The number of ether oxygens (including phenoxy) is 1. The molecule has 1 aliphatic heterocycles. The van der Waals surface area contributed by atoms with E-state index in [0.717, 1.165) is 25.2 Å². The number of imidazole rings is 1. The Bertz CT molecular complexity index is 550. The Morgan fingerprint density at radius 1 is 1.42 bits per heavy atom. The minimum absolute atomic E-state index is 0.169. The van der Waals surface area contributed by atoms with Gasteiger partial charge in [0.15, 0.2) is 0 Å². The van der Waals surface area contributed by atoms with E-state index < -0.39 is 10.0 Å². The first-order chi connectivity index (χ1) is 9.11. The van der Waals surface area contributed by atoms with Crippen molar-refractivity contribution in [1.29, 1.82) is 0 Å². The smallest absolute Gasteiger partial charge is 0.217 e. The summed E-state index contributed by atoms with van der Waals surface area (Å²) in [6.07, 6.45) is 5.22. The van der Waals surface area contributed by atoms with Crippen molar-refractivity contribution in [2.24, 2.45) is 5.92 Å². The average molecular weight is 285 g/mol. The van der Waals surface area contributed by atoms with Crippen LogP contribution in [-0.2, 0) is 27.8 Å². The normalized spacial score (nSPS) is 25.0. The lowest BCUT2D eigenvalue weighted by Gasteiger charge is -2.22. The third-order valence-electron chi connectivity index (χ3n) is 3.74. The molecular weight excluding hydrogens is 266 g/mol. The molecule has 2 aliphatic rings. The Labute approximate surface area is 113 Å². The Morgan fingerprint density at radius 3 is 2.89 bits per heavy atom. The van der Waals surface area contributed by atoms with Crippen LogP contribution in [0.2, 0.25) is 0 Å². The second kappa shape index (κ2) is 4.88. The van der Waals surface area contributed by atoms with E-state index >= 15 is 0 Å². The Balaban J connectivity index is 1.88. The van der Waals surface area contributed by atoms with Gasteiger partial charge in [0.2, 0.25) is 10.0 Å². The molecule has 2 heterocycles. The van der Waals surface area contributed by atoms with E-state index in [1.165, 1.54) is 0 Å². The zero-order valence-electron chi connectivity index (χ0n) is 11.0. The highest BCUT2D eigenvalue weighted by Gasteiger charge is 2.41. The Hall–Kier alpha value is -0.920. The van der Waals surface area contributed by atoms with Gasteiger partial charge in [-0.3, -0.25) is 0 Å². The summed E-state index contributed by atoms with van der Waals surface area (Å²) in [5, 5.41) is -0.169. The molecule has 0 amide bonds. The first-order valence-electron chi connectivity index (χ1n) is 6.59. The summed E-state index contributed by atoms with van der Waals surface area (Å²) in [6, 6.07) is 0. The second-order valence-electron chi connectivity index (χ2n) is 5.35. The molecule has 19 heavy (non-hydrogen) atoms. The molecule has 0 spiro atoms. The van der Waals surface area contributed by atoms with Gasteiger partial charge in [-0.2, -0.15) is 4.31 Å². The van der Waals surface area contributed by atoms with E-state index in [4.69, 9.17) is 4.74 Å². The predicted octanol–water partition coefficient (Wildman–Crippen LogP) is 0.453.